The minimum Gasteiger partial charge on any atom is -0.497 e. The van der Waals surface area contributed by atoms with Gasteiger partial charge in [0.25, 0.3) is 5.91 Å². The smallest absolute Gasteiger partial charge is 0.255 e. The van der Waals surface area contributed by atoms with Gasteiger partial charge in [-0.05, 0) is 32.0 Å². The van der Waals surface area contributed by atoms with Crippen LogP contribution >= 0.6 is 0 Å². The number of carbonyl (C=O) groups excluding carboxylic acids is 1. The second-order valence-corrected chi connectivity index (χ2v) is 5.85. The van der Waals surface area contributed by atoms with Gasteiger partial charge in [-0.1, -0.05) is 0 Å². The quantitative estimate of drug-likeness (QED) is 0.745. The van der Waals surface area contributed by atoms with Crippen LogP contribution in [0.25, 0.3) is 22.4 Å². The summed E-state index contributed by atoms with van der Waals surface area (Å²) in [5.74, 6) is 1.15. The number of aromatic amines is 1. The number of hydrogen-bond acceptors (Lipinski definition) is 5. The molecule has 2 aromatic heterocycles. The highest BCUT2D eigenvalue weighted by atomic mass is 16.5. The van der Waals surface area contributed by atoms with Gasteiger partial charge in [0.2, 0.25) is 0 Å². The van der Waals surface area contributed by atoms with E-state index in [0.29, 0.717) is 33.9 Å². The first-order chi connectivity index (χ1) is 12.0. The fraction of sp³-hybridized carbons (Fsp3) is 0.278. The molecule has 0 unspecified atom stereocenters. The van der Waals surface area contributed by atoms with Gasteiger partial charge in [0.15, 0.2) is 5.65 Å². The fourth-order valence-corrected chi connectivity index (χ4v) is 2.55. The summed E-state index contributed by atoms with van der Waals surface area (Å²) in [5.41, 5.74) is 2.87. The molecule has 130 valence electrons. The summed E-state index contributed by atoms with van der Waals surface area (Å²) >= 11 is 0. The van der Waals surface area contributed by atoms with Gasteiger partial charge in [0.1, 0.15) is 17.0 Å². The Morgan fingerprint density at radius 2 is 2.04 bits per heavy atom. The van der Waals surface area contributed by atoms with Gasteiger partial charge >= 0.3 is 0 Å². The number of benzene rings is 1. The number of methoxy groups -OCH3 is 2. The van der Waals surface area contributed by atoms with E-state index in [-0.39, 0.29) is 11.9 Å². The van der Waals surface area contributed by atoms with Crippen LogP contribution in [0.2, 0.25) is 0 Å². The molecule has 0 fully saturated rings. The van der Waals surface area contributed by atoms with Gasteiger partial charge in [-0.25, -0.2) is 9.97 Å². The molecule has 1 amide bonds. The van der Waals surface area contributed by atoms with Gasteiger partial charge in [0.05, 0.1) is 31.7 Å². The standard InChI is InChI=1S/C18H20N4O3/c1-10(2)21-18(23)13-8-19-17-16(13)22-14(9-20-17)12-7-11(24-3)5-6-15(12)25-4/h5-10H,1-4H3,(H,19,20)(H,21,23). The van der Waals surface area contributed by atoms with Crippen LogP contribution in [0.5, 0.6) is 11.5 Å². The average Bonchev–Trinajstić information content (AvgIpc) is 3.03. The topological polar surface area (TPSA) is 89.1 Å². The van der Waals surface area contributed by atoms with Crippen molar-refractivity contribution in [2.75, 3.05) is 14.2 Å². The largest absolute Gasteiger partial charge is 0.497 e. The molecule has 0 radical (unpaired) electrons. The molecule has 0 aliphatic carbocycles. The highest BCUT2D eigenvalue weighted by Gasteiger charge is 2.17. The van der Waals surface area contributed by atoms with Crippen molar-refractivity contribution in [1.29, 1.82) is 0 Å². The van der Waals surface area contributed by atoms with Crippen molar-refractivity contribution in [3.63, 3.8) is 0 Å². The number of nitrogens with one attached hydrogen (secondary N) is 2. The van der Waals surface area contributed by atoms with Crippen LogP contribution < -0.4 is 14.8 Å². The zero-order valence-electron chi connectivity index (χ0n) is 14.6. The van der Waals surface area contributed by atoms with E-state index in [4.69, 9.17) is 9.47 Å². The Morgan fingerprint density at radius 3 is 2.72 bits per heavy atom. The molecular formula is C18H20N4O3. The third-order valence-corrected chi connectivity index (χ3v) is 3.73. The molecule has 1 aromatic carbocycles. The van der Waals surface area contributed by atoms with Crippen LogP contribution in [0.1, 0.15) is 24.2 Å². The maximum atomic E-state index is 12.4. The number of aromatic nitrogens is 3. The third kappa shape index (κ3) is 3.26. The van der Waals surface area contributed by atoms with Crippen molar-refractivity contribution in [1.82, 2.24) is 20.3 Å². The Labute approximate surface area is 145 Å². The molecule has 0 bridgehead atoms. The Hall–Kier alpha value is -3.09. The van der Waals surface area contributed by atoms with Gasteiger partial charge in [0, 0.05) is 17.8 Å². The Kier molecular flexibility index (Phi) is 4.56. The summed E-state index contributed by atoms with van der Waals surface area (Å²) < 4.78 is 10.7. The van der Waals surface area contributed by atoms with Crippen LogP contribution in [-0.2, 0) is 0 Å². The van der Waals surface area contributed by atoms with Gasteiger partial charge in [-0.2, -0.15) is 0 Å². The predicted octanol–water partition coefficient (Wildman–Crippen LogP) is 2.78. The third-order valence-electron chi connectivity index (χ3n) is 3.73. The van der Waals surface area contributed by atoms with Crippen LogP contribution in [0.3, 0.4) is 0 Å². The number of H-pyrrole nitrogens is 1. The lowest BCUT2D eigenvalue weighted by Gasteiger charge is -2.10. The molecule has 2 N–H and O–H groups in total. The zero-order chi connectivity index (χ0) is 18.0. The van der Waals surface area contributed by atoms with Gasteiger partial charge in [-0.15, -0.1) is 0 Å². The van der Waals surface area contributed by atoms with Gasteiger partial charge < -0.3 is 19.8 Å². The van der Waals surface area contributed by atoms with Crippen LogP contribution in [0.15, 0.2) is 30.6 Å². The molecule has 3 rings (SSSR count). The normalized spacial score (nSPS) is 10.9. The molecule has 7 heteroatoms. The van der Waals surface area contributed by atoms with E-state index in [0.717, 1.165) is 5.56 Å². The molecule has 25 heavy (non-hydrogen) atoms. The van der Waals surface area contributed by atoms with Crippen molar-refractivity contribution in [2.45, 2.75) is 19.9 Å². The maximum Gasteiger partial charge on any atom is 0.255 e. The molecule has 0 atom stereocenters. The zero-order valence-corrected chi connectivity index (χ0v) is 14.6. The Bertz CT molecular complexity index is 918. The monoisotopic (exact) mass is 340 g/mol. The molecular weight excluding hydrogens is 320 g/mol. The molecule has 0 saturated heterocycles. The van der Waals surface area contributed by atoms with Crippen molar-refractivity contribution in [3.8, 4) is 22.8 Å². The number of rotatable bonds is 5. The first-order valence-corrected chi connectivity index (χ1v) is 7.91. The van der Waals surface area contributed by atoms with E-state index < -0.39 is 0 Å². The van der Waals surface area contributed by atoms with E-state index in [1.54, 1.807) is 26.6 Å². The number of carbonyl (C=O) groups is 1. The summed E-state index contributed by atoms with van der Waals surface area (Å²) in [6.07, 6.45) is 3.26. The highest BCUT2D eigenvalue weighted by Crippen LogP contribution is 2.32. The predicted molar refractivity (Wildman–Crippen MR) is 95.0 cm³/mol. The SMILES string of the molecule is COc1ccc(OC)c(-c2cnc3[nH]cc(C(=O)NC(C)C)c3n2)c1. The molecule has 0 aliphatic heterocycles. The van der Waals surface area contributed by atoms with Gasteiger partial charge in [-0.3, -0.25) is 4.79 Å². The molecule has 3 aromatic rings. The number of nitrogens with zero attached hydrogens (tertiary/aromatic N) is 2. The lowest BCUT2D eigenvalue weighted by molar-refractivity contribution is 0.0944. The van der Waals surface area contributed by atoms with E-state index >= 15 is 0 Å². The summed E-state index contributed by atoms with van der Waals surface area (Å²) in [7, 11) is 3.19. The first kappa shape index (κ1) is 16.8. The number of amides is 1. The van der Waals surface area contributed by atoms with Crippen molar-refractivity contribution in [3.05, 3.63) is 36.2 Å². The van der Waals surface area contributed by atoms with Crippen molar-refractivity contribution < 1.29 is 14.3 Å². The Morgan fingerprint density at radius 1 is 1.24 bits per heavy atom. The maximum absolute atomic E-state index is 12.4. The van der Waals surface area contributed by atoms with Crippen molar-refractivity contribution in [2.24, 2.45) is 0 Å². The fourth-order valence-electron chi connectivity index (χ4n) is 2.55. The average molecular weight is 340 g/mol. The van der Waals surface area contributed by atoms with Crippen LogP contribution in [-0.4, -0.2) is 41.1 Å². The lowest BCUT2D eigenvalue weighted by atomic mass is 10.1. The number of fused-ring (bicyclic) bond motifs is 1. The first-order valence-electron chi connectivity index (χ1n) is 7.91. The molecule has 2 heterocycles. The second kappa shape index (κ2) is 6.80. The second-order valence-electron chi connectivity index (χ2n) is 5.85. The van der Waals surface area contributed by atoms with Crippen molar-refractivity contribution >= 4 is 17.1 Å². The molecule has 0 saturated carbocycles. The summed E-state index contributed by atoms with van der Waals surface area (Å²) in [6.45, 7) is 3.82. The van der Waals surface area contributed by atoms with E-state index in [9.17, 15) is 4.79 Å². The highest BCUT2D eigenvalue weighted by molar-refractivity contribution is 6.04. The molecule has 7 nitrogen and oxygen atoms in total. The van der Waals surface area contributed by atoms with E-state index in [2.05, 4.69) is 20.3 Å². The summed E-state index contributed by atoms with van der Waals surface area (Å²) in [5, 5.41) is 2.87. The minimum atomic E-state index is -0.190. The number of hydrogen-bond donors (Lipinski definition) is 2. The van der Waals surface area contributed by atoms with E-state index in [1.807, 2.05) is 32.0 Å². The molecule has 0 spiro atoms. The molecule has 0 aliphatic rings. The van der Waals surface area contributed by atoms with E-state index in [1.165, 1.54) is 0 Å². The Balaban J connectivity index is 2.11. The minimum absolute atomic E-state index is 0.0343. The van der Waals surface area contributed by atoms with Crippen LogP contribution in [0.4, 0.5) is 0 Å². The lowest BCUT2D eigenvalue weighted by Crippen LogP contribution is -2.29. The van der Waals surface area contributed by atoms with Crippen LogP contribution in [0, 0.1) is 0 Å². The number of ether oxygens (including phenoxy) is 2. The summed E-state index contributed by atoms with van der Waals surface area (Å²) in [4.78, 5) is 24.3. The summed E-state index contributed by atoms with van der Waals surface area (Å²) in [6, 6.07) is 5.48.